The molecule has 0 heterocycles. The van der Waals surface area contributed by atoms with Crippen LogP contribution in [0.25, 0.3) is 0 Å². The van der Waals surface area contributed by atoms with Crippen LogP contribution in [0.5, 0.6) is 0 Å². The minimum absolute atomic E-state index is 0.0192. The van der Waals surface area contributed by atoms with E-state index in [1.165, 1.54) is 0 Å². The number of hydrogen-bond acceptors (Lipinski definition) is 40. The second-order valence-corrected chi connectivity index (χ2v) is 20.0. The molecule has 0 aliphatic heterocycles. The molecular weight excluding hydrogens is 1350 g/mol. The fourth-order valence-electron chi connectivity index (χ4n) is 7.41. The number of nitrogens with one attached hydrogen (secondary N) is 8. The van der Waals surface area contributed by atoms with E-state index in [0.29, 0.717) is 13.1 Å². The van der Waals surface area contributed by atoms with Crippen molar-refractivity contribution in [2.45, 2.75) is 38.5 Å². The molecule has 0 spiro atoms. The van der Waals surface area contributed by atoms with Crippen LogP contribution in [-0.4, -0.2) is 342 Å². The lowest BCUT2D eigenvalue weighted by atomic mass is 10.2. The molecule has 48 nitrogen and oxygen atoms in total. The fourth-order valence-corrected chi connectivity index (χ4v) is 7.41. The predicted octanol–water partition coefficient (Wildman–Crippen LogP) is -12.5. The quantitative estimate of drug-likeness (QED) is 0.00671. The average molecular weight is 1460 g/mol. The van der Waals surface area contributed by atoms with Gasteiger partial charge in [-0.2, -0.15) is 0 Å². The van der Waals surface area contributed by atoms with Gasteiger partial charge in [-0.15, -0.1) is 0 Å². The fraction of sp³-hybridized carbons (Fsp3) is 0.846. The number of amides is 8. The third-order valence-corrected chi connectivity index (χ3v) is 12.7. The topological polar surface area (TPSA) is 639 Å². The van der Waals surface area contributed by atoms with Crippen molar-refractivity contribution in [2.75, 3.05) is 250 Å². The van der Waals surface area contributed by atoms with Crippen LogP contribution in [0.1, 0.15) is 13.8 Å². The van der Waals surface area contributed by atoms with Crippen LogP contribution in [0.2, 0.25) is 0 Å². The monoisotopic (exact) mass is 1460 g/mol. The summed E-state index contributed by atoms with van der Waals surface area (Å²) in [5, 5.41) is 0. The van der Waals surface area contributed by atoms with Crippen LogP contribution in [-0.2, 0) is 134 Å². The molecule has 4 unspecified atom stereocenters. The Morgan fingerprint density at radius 2 is 0.520 bits per heavy atom. The standard InChI is InChI=1S/C52H110N20O28/c1-41(71(9-16-83-25-29-88-35-47(75)63-55)10-17-84-26-30-89-36-48(76)64-56)91-32-43(90-18-6-69(3-13-81-23-27-86-33-45(73)61-53)4-14-82-24-28-87-34-46(74)62-54)44(100-42(2)72(11-21-94-98-39-51(79)67-59)12-22-95-99-40-52(80)68-60)31-85-15-5-70(7-19-92-96-37-49(77)65-57)8-20-93-97-38-50(78)66-58/h41-44H,3-40,53-60H2,1-2H3,(H,61,73)(H,62,74)(H,63,75)(H,64,76)(H,65,77)(H,66,78)(H,67,79)(H,68,80). The lowest BCUT2D eigenvalue weighted by Gasteiger charge is -2.36. The van der Waals surface area contributed by atoms with Gasteiger partial charge in [0.15, 0.2) is 26.4 Å². The Kier molecular flexibility index (Phi) is 64.2. The molecule has 0 radical (unpaired) electrons. The zero-order valence-corrected chi connectivity index (χ0v) is 57.0. The van der Waals surface area contributed by atoms with Crippen LogP contribution in [0.15, 0.2) is 0 Å². The highest BCUT2D eigenvalue weighted by Gasteiger charge is 2.30. The van der Waals surface area contributed by atoms with Crippen LogP contribution < -0.4 is 90.1 Å². The van der Waals surface area contributed by atoms with Crippen molar-refractivity contribution in [3.63, 3.8) is 0 Å². The molecule has 0 aromatic carbocycles. The molecule has 48 heteroatoms. The first-order valence-corrected chi connectivity index (χ1v) is 31.4. The SMILES string of the molecule is CC(OCC(OCCN(CCOCCOCC(=O)NN)CCOCCOCC(=O)NN)C(COCCN(CCOOCC(=O)NN)CCOOCC(=O)NN)OC(C)N(CCOOCC(=O)NN)CCOOCC(=O)NN)N(CCOCCOCC(=O)NN)CCOCCOCC(=O)NN. The molecule has 0 aliphatic rings. The molecule has 0 saturated heterocycles. The van der Waals surface area contributed by atoms with Crippen molar-refractivity contribution in [1.29, 1.82) is 0 Å². The molecule has 0 aliphatic carbocycles. The first-order valence-electron chi connectivity index (χ1n) is 31.4. The van der Waals surface area contributed by atoms with Crippen molar-refractivity contribution in [1.82, 2.24) is 63.0 Å². The zero-order valence-electron chi connectivity index (χ0n) is 57.0. The van der Waals surface area contributed by atoms with E-state index in [1.807, 2.05) is 58.1 Å². The second kappa shape index (κ2) is 67.9. The molecule has 24 N–H and O–H groups in total. The Bertz CT molecular complexity index is 1960. The summed E-state index contributed by atoms with van der Waals surface area (Å²) >= 11 is 0. The Hall–Kier alpha value is -5.52. The molecule has 0 aromatic heterocycles. The number of ether oxygens (including phenoxy) is 12. The van der Waals surface area contributed by atoms with Crippen LogP contribution >= 0.6 is 0 Å². The number of nitrogens with two attached hydrogens (primary N) is 8. The maximum Gasteiger partial charge on any atom is 0.263 e. The van der Waals surface area contributed by atoms with Gasteiger partial charge in [0.05, 0.1) is 132 Å². The van der Waals surface area contributed by atoms with Gasteiger partial charge in [-0.1, -0.05) is 0 Å². The smallest absolute Gasteiger partial charge is 0.263 e. The summed E-state index contributed by atoms with van der Waals surface area (Å²) in [7, 11) is 0. The van der Waals surface area contributed by atoms with Gasteiger partial charge in [0.2, 0.25) is 0 Å². The lowest BCUT2D eigenvalue weighted by Crippen LogP contribution is -2.49. The van der Waals surface area contributed by atoms with E-state index in [9.17, 15) is 38.4 Å². The summed E-state index contributed by atoms with van der Waals surface area (Å²) in [5.74, 6) is 36.7. The van der Waals surface area contributed by atoms with Crippen LogP contribution in [0.3, 0.4) is 0 Å². The van der Waals surface area contributed by atoms with E-state index in [2.05, 4.69) is 0 Å². The average Bonchev–Trinajstić information content (AvgIpc) is 0.879. The predicted molar refractivity (Wildman–Crippen MR) is 339 cm³/mol. The molecule has 0 bridgehead atoms. The van der Waals surface area contributed by atoms with E-state index in [-0.39, 0.29) is 211 Å². The van der Waals surface area contributed by atoms with Crippen molar-refractivity contribution >= 4 is 47.3 Å². The highest BCUT2D eigenvalue weighted by atomic mass is 17.2. The van der Waals surface area contributed by atoms with Gasteiger partial charge >= 0.3 is 0 Å². The molecule has 586 valence electrons. The minimum Gasteiger partial charge on any atom is -0.378 e. The maximum absolute atomic E-state index is 11.8. The largest absolute Gasteiger partial charge is 0.378 e. The van der Waals surface area contributed by atoms with Crippen LogP contribution in [0, 0.1) is 0 Å². The summed E-state index contributed by atoms with van der Waals surface area (Å²) in [6.07, 6.45) is -3.58. The first-order chi connectivity index (χ1) is 48.5. The number of carbonyl (C=O) groups is 8. The highest BCUT2D eigenvalue weighted by Crippen LogP contribution is 2.16. The molecular formula is C52H110N20O28. The summed E-state index contributed by atoms with van der Waals surface area (Å²) in [5.41, 5.74) is 15.7. The number of hydrazine groups is 8. The Balaban J connectivity index is 7.53. The molecule has 0 saturated carbocycles. The third-order valence-electron chi connectivity index (χ3n) is 12.7. The molecule has 8 amide bonds. The van der Waals surface area contributed by atoms with Gasteiger partial charge in [-0.05, 0) is 13.8 Å². The van der Waals surface area contributed by atoms with Crippen molar-refractivity contribution in [3.8, 4) is 0 Å². The number of carbonyl (C=O) groups excluding carboxylic acids is 8. The van der Waals surface area contributed by atoms with E-state index >= 15 is 0 Å². The number of nitrogens with zero attached hydrogens (tertiary/aromatic N) is 4. The molecule has 0 aromatic rings. The van der Waals surface area contributed by atoms with Gasteiger partial charge in [0.25, 0.3) is 47.3 Å². The van der Waals surface area contributed by atoms with Crippen molar-refractivity contribution in [3.05, 3.63) is 0 Å². The summed E-state index contributed by atoms with van der Waals surface area (Å²) in [6.45, 7) is 3.64. The van der Waals surface area contributed by atoms with Crippen LogP contribution in [0.4, 0.5) is 0 Å². The van der Waals surface area contributed by atoms with Crippen molar-refractivity contribution in [2.24, 2.45) is 46.7 Å². The van der Waals surface area contributed by atoms with Gasteiger partial charge in [-0.3, -0.25) is 101 Å². The Morgan fingerprint density at radius 3 is 0.860 bits per heavy atom. The third kappa shape index (κ3) is 57.0. The minimum atomic E-state index is -1.02. The van der Waals surface area contributed by atoms with Gasteiger partial charge in [0, 0.05) is 65.4 Å². The molecule has 0 fully saturated rings. The summed E-state index contributed by atoms with van der Waals surface area (Å²) in [6, 6.07) is 0. The lowest BCUT2D eigenvalue weighted by molar-refractivity contribution is -0.300. The normalized spacial score (nSPS) is 12.7. The summed E-state index contributed by atoms with van der Waals surface area (Å²) < 4.78 is 71.5. The number of hydrogen-bond donors (Lipinski definition) is 16. The highest BCUT2D eigenvalue weighted by molar-refractivity contribution is 5.78. The summed E-state index contributed by atoms with van der Waals surface area (Å²) in [4.78, 5) is 142. The Morgan fingerprint density at radius 1 is 0.260 bits per heavy atom. The van der Waals surface area contributed by atoms with E-state index in [4.69, 9.17) is 143 Å². The number of rotatable bonds is 73. The van der Waals surface area contributed by atoms with Crippen molar-refractivity contribution < 1.29 is 134 Å². The molecule has 0 rings (SSSR count). The van der Waals surface area contributed by atoms with E-state index in [0.717, 1.165) is 0 Å². The van der Waals surface area contributed by atoms with E-state index < -0.39 is 98.3 Å². The van der Waals surface area contributed by atoms with Gasteiger partial charge in [-0.25, -0.2) is 85.8 Å². The first kappa shape index (κ1) is 94.5. The Labute approximate surface area is 579 Å². The zero-order chi connectivity index (χ0) is 73.9. The maximum atomic E-state index is 11.8. The van der Waals surface area contributed by atoms with E-state index in [1.54, 1.807) is 18.7 Å². The molecule has 4 atom stereocenters. The van der Waals surface area contributed by atoms with Gasteiger partial charge < -0.3 is 56.8 Å². The molecule has 100 heavy (non-hydrogen) atoms. The van der Waals surface area contributed by atoms with Gasteiger partial charge in [0.1, 0.15) is 51.1 Å². The second-order valence-electron chi connectivity index (χ2n) is 20.0.